The second kappa shape index (κ2) is 9.42. The van der Waals surface area contributed by atoms with E-state index in [1.165, 1.54) is 31.0 Å². The largest absolute Gasteiger partial charge is 0.481 e. The van der Waals surface area contributed by atoms with Crippen LogP contribution < -0.4 is 15.0 Å². The van der Waals surface area contributed by atoms with Crippen LogP contribution in [0, 0.1) is 10.1 Å². The van der Waals surface area contributed by atoms with E-state index in [0.29, 0.717) is 17.0 Å². The fourth-order valence-corrected chi connectivity index (χ4v) is 3.74. The molecular weight excluding hydrogens is 396 g/mol. The van der Waals surface area contributed by atoms with Gasteiger partial charge in [-0.25, -0.2) is 4.98 Å². The number of aromatic nitrogens is 1. The summed E-state index contributed by atoms with van der Waals surface area (Å²) >= 11 is 0. The molecule has 0 aliphatic carbocycles. The smallest absolute Gasteiger partial charge is 0.271 e. The molecule has 2 heterocycles. The number of anilines is 2. The van der Waals surface area contributed by atoms with Crippen molar-refractivity contribution in [2.24, 2.45) is 0 Å². The lowest BCUT2D eigenvalue weighted by Crippen LogP contribution is -2.24. The second-order valence-electron chi connectivity index (χ2n) is 7.54. The van der Waals surface area contributed by atoms with Crippen molar-refractivity contribution in [2.45, 2.75) is 25.7 Å². The van der Waals surface area contributed by atoms with Gasteiger partial charge in [-0.2, -0.15) is 0 Å². The number of rotatable bonds is 6. The maximum Gasteiger partial charge on any atom is 0.271 e. The number of para-hydroxylation sites is 1. The average molecular weight is 420 g/mol. The molecule has 2 aromatic carbocycles. The number of nitrogens with one attached hydrogen (secondary N) is 1. The minimum Gasteiger partial charge on any atom is -0.481 e. The van der Waals surface area contributed by atoms with Crippen LogP contribution in [0.2, 0.25) is 0 Å². The van der Waals surface area contributed by atoms with Gasteiger partial charge in [0.2, 0.25) is 0 Å². The van der Waals surface area contributed by atoms with E-state index in [2.05, 4.69) is 10.2 Å². The monoisotopic (exact) mass is 420 g/mol. The molecule has 1 aliphatic rings. The van der Waals surface area contributed by atoms with Gasteiger partial charge < -0.3 is 15.0 Å². The van der Waals surface area contributed by atoms with Crippen LogP contribution in [0.5, 0.6) is 5.75 Å². The molecule has 160 valence electrons. The summed E-state index contributed by atoms with van der Waals surface area (Å²) in [5.74, 6) is 1.05. The number of carbonyl (C=O) groups is 1. The van der Waals surface area contributed by atoms with Crippen LogP contribution >= 0.6 is 0 Å². The van der Waals surface area contributed by atoms with E-state index in [-0.39, 0.29) is 12.3 Å². The van der Waals surface area contributed by atoms with E-state index in [1.54, 1.807) is 12.1 Å². The number of amides is 1. The van der Waals surface area contributed by atoms with Crippen LogP contribution in [0.3, 0.4) is 0 Å². The van der Waals surface area contributed by atoms with Gasteiger partial charge in [-0.3, -0.25) is 14.9 Å². The van der Waals surface area contributed by atoms with E-state index >= 15 is 0 Å². The topological polar surface area (TPSA) is 97.6 Å². The van der Waals surface area contributed by atoms with Crippen molar-refractivity contribution in [1.29, 1.82) is 0 Å². The predicted octanol–water partition coefficient (Wildman–Crippen LogP) is 4.54. The van der Waals surface area contributed by atoms with Gasteiger partial charge in [-0.15, -0.1) is 0 Å². The molecule has 0 saturated carbocycles. The van der Waals surface area contributed by atoms with Gasteiger partial charge in [-0.1, -0.05) is 31.0 Å². The molecule has 0 atom stereocenters. The van der Waals surface area contributed by atoms with Crippen molar-refractivity contribution >= 4 is 34.0 Å². The maximum atomic E-state index is 12.3. The summed E-state index contributed by atoms with van der Waals surface area (Å²) in [4.78, 5) is 29.8. The van der Waals surface area contributed by atoms with Crippen molar-refractivity contribution in [3.05, 3.63) is 64.7 Å². The molecule has 0 bridgehead atoms. The molecule has 1 saturated heterocycles. The predicted molar refractivity (Wildman–Crippen MR) is 120 cm³/mol. The molecule has 1 aromatic heterocycles. The number of hydrogen-bond acceptors (Lipinski definition) is 6. The molecule has 8 heteroatoms. The number of nitro groups is 1. The first-order valence-electron chi connectivity index (χ1n) is 10.4. The van der Waals surface area contributed by atoms with Crippen molar-refractivity contribution in [3.63, 3.8) is 0 Å². The fourth-order valence-electron chi connectivity index (χ4n) is 3.74. The number of nitro benzene ring substituents is 1. The zero-order chi connectivity index (χ0) is 21.6. The summed E-state index contributed by atoms with van der Waals surface area (Å²) in [5.41, 5.74) is 0.979. The molecule has 1 N–H and O–H groups in total. The Morgan fingerprint density at radius 2 is 1.84 bits per heavy atom. The van der Waals surface area contributed by atoms with Gasteiger partial charge in [0.25, 0.3) is 11.6 Å². The number of carbonyl (C=O) groups excluding carboxylic acids is 1. The third-order valence-corrected chi connectivity index (χ3v) is 5.30. The average Bonchev–Trinajstić information content (AvgIpc) is 3.07. The van der Waals surface area contributed by atoms with Crippen LogP contribution in [0.1, 0.15) is 25.7 Å². The Hall–Kier alpha value is -3.68. The van der Waals surface area contributed by atoms with Crippen LogP contribution in [-0.2, 0) is 4.79 Å². The van der Waals surface area contributed by atoms with E-state index in [9.17, 15) is 14.9 Å². The van der Waals surface area contributed by atoms with Gasteiger partial charge >= 0.3 is 0 Å². The summed E-state index contributed by atoms with van der Waals surface area (Å²) < 4.78 is 5.77. The summed E-state index contributed by atoms with van der Waals surface area (Å²) in [6.45, 7) is 1.76. The third kappa shape index (κ3) is 5.09. The van der Waals surface area contributed by atoms with E-state index in [4.69, 9.17) is 9.72 Å². The van der Waals surface area contributed by atoms with Crippen LogP contribution in [0.15, 0.2) is 54.6 Å². The molecule has 0 radical (unpaired) electrons. The highest BCUT2D eigenvalue weighted by molar-refractivity contribution is 5.93. The molecule has 8 nitrogen and oxygen atoms in total. The number of non-ortho nitro benzene ring substituents is 1. The lowest BCUT2D eigenvalue weighted by molar-refractivity contribution is -0.384. The Morgan fingerprint density at radius 1 is 1.06 bits per heavy atom. The third-order valence-electron chi connectivity index (χ3n) is 5.30. The number of benzene rings is 2. The number of fused-ring (bicyclic) bond motifs is 1. The van der Waals surface area contributed by atoms with E-state index < -0.39 is 10.8 Å². The maximum absolute atomic E-state index is 12.3. The highest BCUT2D eigenvalue weighted by Gasteiger charge is 2.14. The Balaban J connectivity index is 1.47. The van der Waals surface area contributed by atoms with E-state index in [1.807, 2.05) is 24.3 Å². The van der Waals surface area contributed by atoms with Gasteiger partial charge in [-0.05, 0) is 37.1 Å². The fraction of sp³-hybridized carbons (Fsp3) is 0.304. The molecule has 0 unspecified atom stereocenters. The molecule has 4 rings (SSSR count). The second-order valence-corrected chi connectivity index (χ2v) is 7.54. The van der Waals surface area contributed by atoms with Crippen molar-refractivity contribution in [1.82, 2.24) is 4.98 Å². The van der Waals surface area contributed by atoms with Crippen LogP contribution in [-0.4, -0.2) is 35.5 Å². The van der Waals surface area contributed by atoms with Crippen LogP contribution in [0.4, 0.5) is 17.2 Å². The Kier molecular flexibility index (Phi) is 6.26. The highest BCUT2D eigenvalue weighted by atomic mass is 16.6. The molecule has 1 aliphatic heterocycles. The Morgan fingerprint density at radius 3 is 2.61 bits per heavy atom. The first-order chi connectivity index (χ1) is 15.1. The SMILES string of the molecule is O=C(COc1cccc2ccc(N3CCCCCC3)nc12)Nc1cccc([N+](=O)[O-])c1. The Labute approximate surface area is 180 Å². The van der Waals surface area contributed by atoms with E-state index in [0.717, 1.165) is 37.1 Å². The number of nitrogens with zero attached hydrogens (tertiary/aromatic N) is 3. The lowest BCUT2D eigenvalue weighted by Gasteiger charge is -2.22. The van der Waals surface area contributed by atoms with Crippen molar-refractivity contribution in [3.8, 4) is 5.75 Å². The minimum atomic E-state index is -0.504. The molecule has 0 spiro atoms. The lowest BCUT2D eigenvalue weighted by atomic mass is 10.2. The number of hydrogen-bond donors (Lipinski definition) is 1. The number of pyridine rings is 1. The number of ether oxygens (including phenoxy) is 1. The standard InChI is InChI=1S/C23H24N4O4/c28-22(24-18-8-6-9-19(15-18)27(29)30)16-31-20-10-5-7-17-11-12-21(25-23(17)20)26-13-3-1-2-4-14-26/h5-12,15H,1-4,13-14,16H2,(H,24,28). The first-order valence-corrected chi connectivity index (χ1v) is 10.4. The van der Waals surface area contributed by atoms with Gasteiger partial charge in [0.1, 0.15) is 17.1 Å². The van der Waals surface area contributed by atoms with Gasteiger partial charge in [0, 0.05) is 36.3 Å². The summed E-state index contributed by atoms with van der Waals surface area (Å²) in [5, 5.41) is 14.5. The highest BCUT2D eigenvalue weighted by Crippen LogP contribution is 2.27. The summed E-state index contributed by atoms with van der Waals surface area (Å²) in [6.07, 6.45) is 4.82. The minimum absolute atomic E-state index is 0.0852. The molecule has 31 heavy (non-hydrogen) atoms. The zero-order valence-electron chi connectivity index (χ0n) is 17.1. The normalized spacial score (nSPS) is 14.1. The zero-order valence-corrected chi connectivity index (χ0v) is 17.1. The summed E-state index contributed by atoms with van der Waals surface area (Å²) in [6, 6.07) is 15.5. The van der Waals surface area contributed by atoms with Crippen molar-refractivity contribution in [2.75, 3.05) is 29.9 Å². The van der Waals surface area contributed by atoms with Gasteiger partial charge in [0.15, 0.2) is 6.61 Å². The molecule has 1 fully saturated rings. The van der Waals surface area contributed by atoms with Crippen LogP contribution in [0.25, 0.3) is 10.9 Å². The quantitative estimate of drug-likeness (QED) is 0.464. The summed E-state index contributed by atoms with van der Waals surface area (Å²) in [7, 11) is 0. The Bertz CT molecular complexity index is 1090. The molecular formula is C23H24N4O4. The molecule has 1 amide bonds. The molecule has 3 aromatic rings. The van der Waals surface area contributed by atoms with Gasteiger partial charge in [0.05, 0.1) is 4.92 Å². The first kappa shape index (κ1) is 20.6. The van der Waals surface area contributed by atoms with Crippen molar-refractivity contribution < 1.29 is 14.5 Å².